The van der Waals surface area contributed by atoms with Crippen LogP contribution in [-0.4, -0.2) is 4.57 Å². The average molecular weight is 462 g/mol. The first-order valence-electron chi connectivity index (χ1n) is 15.4. The van der Waals surface area contributed by atoms with Crippen molar-refractivity contribution in [3.63, 3.8) is 0 Å². The number of hydrogen-bond donors (Lipinski definition) is 0. The van der Waals surface area contributed by atoms with E-state index < -0.39 is 0 Å². The van der Waals surface area contributed by atoms with Gasteiger partial charge in [-0.1, -0.05) is 130 Å². The maximum absolute atomic E-state index is 2.56. The summed E-state index contributed by atoms with van der Waals surface area (Å²) in [7, 11) is 0. The molecule has 0 bridgehead atoms. The number of aromatic nitrogens is 2. The van der Waals surface area contributed by atoms with Gasteiger partial charge in [0.05, 0.1) is 13.1 Å². The molecule has 33 heavy (non-hydrogen) atoms. The zero-order valence-corrected chi connectivity index (χ0v) is 23.2. The van der Waals surface area contributed by atoms with Crippen molar-refractivity contribution in [2.45, 2.75) is 182 Å². The number of imidazole rings is 1. The van der Waals surface area contributed by atoms with Crippen LogP contribution in [0.2, 0.25) is 0 Å². The zero-order chi connectivity index (χ0) is 23.8. The van der Waals surface area contributed by atoms with Crippen LogP contribution in [-0.2, 0) is 19.5 Å². The lowest BCUT2D eigenvalue weighted by molar-refractivity contribution is -0.704. The fraction of sp³-hybridized carbons (Fsp3) is 0.903. The summed E-state index contributed by atoms with van der Waals surface area (Å²) in [6, 6.07) is 0. The number of nitrogens with zero attached hydrogens (tertiary/aromatic N) is 2. The van der Waals surface area contributed by atoms with Gasteiger partial charge in [-0.2, -0.15) is 0 Å². The van der Waals surface area contributed by atoms with Gasteiger partial charge < -0.3 is 0 Å². The quantitative estimate of drug-likeness (QED) is 0.101. The molecule has 0 amide bonds. The van der Waals surface area contributed by atoms with E-state index in [9.17, 15) is 0 Å². The molecule has 0 aliphatic rings. The molecule has 0 N–H and O–H groups in total. The van der Waals surface area contributed by atoms with E-state index in [0.717, 1.165) is 0 Å². The Morgan fingerprint density at radius 1 is 0.515 bits per heavy atom. The molecule has 0 aliphatic heterocycles. The van der Waals surface area contributed by atoms with Gasteiger partial charge in [-0.05, 0) is 32.1 Å². The second-order valence-electron chi connectivity index (χ2n) is 10.6. The van der Waals surface area contributed by atoms with Crippen molar-refractivity contribution >= 4 is 0 Å². The van der Waals surface area contributed by atoms with E-state index in [-0.39, 0.29) is 0 Å². The minimum absolute atomic E-state index is 1.22. The summed E-state index contributed by atoms with van der Waals surface area (Å²) >= 11 is 0. The second-order valence-corrected chi connectivity index (χ2v) is 10.6. The van der Waals surface area contributed by atoms with Gasteiger partial charge in [-0.3, -0.25) is 0 Å². The molecule has 0 saturated heterocycles. The fourth-order valence-electron chi connectivity index (χ4n) is 5.13. The standard InChI is InChI=1S/C31H61N2/c1-4-7-9-11-13-15-17-19-21-23-25-28-33-30-29-32(31(33)26-6-3)27-24-22-20-18-16-14-12-10-8-5-2/h29-30H,4-28H2,1-3H3/q+1. The molecule has 1 heterocycles. The molecule has 0 spiro atoms. The van der Waals surface area contributed by atoms with Crippen molar-refractivity contribution in [3.8, 4) is 0 Å². The summed E-state index contributed by atoms with van der Waals surface area (Å²) in [6.45, 7) is 9.37. The Bertz CT molecular complexity index is 519. The Morgan fingerprint density at radius 2 is 0.939 bits per heavy atom. The molecule has 0 aliphatic carbocycles. The molecule has 2 nitrogen and oxygen atoms in total. The molecular weight excluding hydrogens is 400 g/mol. The van der Waals surface area contributed by atoms with Gasteiger partial charge >= 0.3 is 0 Å². The topological polar surface area (TPSA) is 8.81 Å². The van der Waals surface area contributed by atoms with Crippen LogP contribution in [0.5, 0.6) is 0 Å². The summed E-state index contributed by atoms with van der Waals surface area (Å²) in [4.78, 5) is 0. The largest absolute Gasteiger partial charge is 0.256 e. The average Bonchev–Trinajstić information content (AvgIpc) is 3.20. The van der Waals surface area contributed by atoms with Crippen LogP contribution in [0, 0.1) is 0 Å². The first-order chi connectivity index (χ1) is 16.3. The SMILES string of the molecule is CCCCCCCCCCCCCn1cc[n+](CCCCCCCCCCCC)c1CCC. The molecule has 0 atom stereocenters. The molecule has 0 aromatic carbocycles. The van der Waals surface area contributed by atoms with E-state index in [1.165, 1.54) is 161 Å². The Hall–Kier alpha value is -0.790. The molecule has 0 saturated carbocycles. The molecule has 0 fully saturated rings. The highest BCUT2D eigenvalue weighted by Gasteiger charge is 2.15. The van der Waals surface area contributed by atoms with E-state index in [2.05, 4.69) is 42.3 Å². The van der Waals surface area contributed by atoms with Crippen LogP contribution >= 0.6 is 0 Å². The smallest absolute Gasteiger partial charge is 0.234 e. The Kier molecular flexibility index (Phi) is 21.1. The molecular formula is C31H61N2+. The first-order valence-corrected chi connectivity index (χ1v) is 15.4. The lowest BCUT2D eigenvalue weighted by Gasteiger charge is -2.06. The van der Waals surface area contributed by atoms with Gasteiger partial charge in [0.15, 0.2) is 0 Å². The highest BCUT2D eigenvalue weighted by Crippen LogP contribution is 2.13. The Balaban J connectivity index is 2.11. The predicted octanol–water partition coefficient (Wildman–Crippen LogP) is 9.96. The third-order valence-corrected chi connectivity index (χ3v) is 7.32. The molecule has 2 heteroatoms. The van der Waals surface area contributed by atoms with Crippen LogP contribution in [0.1, 0.15) is 168 Å². The van der Waals surface area contributed by atoms with Crippen LogP contribution in [0.4, 0.5) is 0 Å². The van der Waals surface area contributed by atoms with Crippen molar-refractivity contribution in [2.75, 3.05) is 0 Å². The van der Waals surface area contributed by atoms with Gasteiger partial charge in [0.2, 0.25) is 0 Å². The van der Waals surface area contributed by atoms with E-state index in [4.69, 9.17) is 0 Å². The van der Waals surface area contributed by atoms with Crippen molar-refractivity contribution in [1.29, 1.82) is 0 Å². The summed E-state index contributed by atoms with van der Waals surface area (Å²) in [5, 5.41) is 0. The summed E-state index contributed by atoms with van der Waals surface area (Å²) < 4.78 is 5.13. The third-order valence-electron chi connectivity index (χ3n) is 7.32. The normalized spacial score (nSPS) is 11.5. The van der Waals surface area contributed by atoms with Crippen molar-refractivity contribution in [3.05, 3.63) is 18.2 Å². The lowest BCUT2D eigenvalue weighted by Crippen LogP contribution is -2.37. The fourth-order valence-corrected chi connectivity index (χ4v) is 5.13. The monoisotopic (exact) mass is 461 g/mol. The second kappa shape index (κ2) is 23.0. The molecule has 1 rings (SSSR count). The number of rotatable bonds is 25. The highest BCUT2D eigenvalue weighted by atomic mass is 15.1. The molecule has 0 radical (unpaired) electrons. The van der Waals surface area contributed by atoms with Crippen molar-refractivity contribution < 1.29 is 4.57 Å². The van der Waals surface area contributed by atoms with Gasteiger partial charge in [-0.15, -0.1) is 0 Å². The van der Waals surface area contributed by atoms with Gasteiger partial charge in [0.25, 0.3) is 5.82 Å². The van der Waals surface area contributed by atoms with Crippen LogP contribution < -0.4 is 4.57 Å². The van der Waals surface area contributed by atoms with Crippen LogP contribution in [0.15, 0.2) is 12.4 Å². The van der Waals surface area contributed by atoms with Gasteiger partial charge in [-0.25, -0.2) is 9.13 Å². The maximum atomic E-state index is 2.56. The minimum atomic E-state index is 1.22. The van der Waals surface area contributed by atoms with Crippen molar-refractivity contribution in [1.82, 2.24) is 4.57 Å². The van der Waals surface area contributed by atoms with Gasteiger partial charge in [0, 0.05) is 6.42 Å². The lowest BCUT2D eigenvalue weighted by atomic mass is 10.1. The number of aryl methyl sites for hydroxylation is 2. The van der Waals surface area contributed by atoms with E-state index in [1.54, 1.807) is 5.82 Å². The number of unbranched alkanes of at least 4 members (excludes halogenated alkanes) is 19. The van der Waals surface area contributed by atoms with E-state index >= 15 is 0 Å². The molecule has 1 aromatic rings. The van der Waals surface area contributed by atoms with Crippen LogP contribution in [0.3, 0.4) is 0 Å². The first kappa shape index (κ1) is 30.2. The van der Waals surface area contributed by atoms with Crippen LogP contribution in [0.25, 0.3) is 0 Å². The zero-order valence-electron chi connectivity index (χ0n) is 23.2. The van der Waals surface area contributed by atoms with E-state index in [1.807, 2.05) is 0 Å². The predicted molar refractivity (Wildman–Crippen MR) is 147 cm³/mol. The molecule has 194 valence electrons. The van der Waals surface area contributed by atoms with E-state index in [0.29, 0.717) is 0 Å². The Labute approximate surface area is 208 Å². The summed E-state index contributed by atoms with van der Waals surface area (Å²) in [5.41, 5.74) is 0. The third kappa shape index (κ3) is 16.5. The maximum Gasteiger partial charge on any atom is 0.256 e. The number of hydrogen-bond acceptors (Lipinski definition) is 0. The summed E-state index contributed by atoms with van der Waals surface area (Å²) in [5.74, 6) is 1.57. The molecule has 0 unspecified atom stereocenters. The minimum Gasteiger partial charge on any atom is -0.234 e. The molecule has 1 aromatic heterocycles. The van der Waals surface area contributed by atoms with Gasteiger partial charge in [0.1, 0.15) is 12.4 Å². The Morgan fingerprint density at radius 3 is 1.39 bits per heavy atom. The van der Waals surface area contributed by atoms with Crippen molar-refractivity contribution in [2.24, 2.45) is 0 Å². The highest BCUT2D eigenvalue weighted by molar-refractivity contribution is 4.84. The summed E-state index contributed by atoms with van der Waals surface area (Å²) in [6.07, 6.45) is 37.1.